The highest BCUT2D eigenvalue weighted by Gasteiger charge is 2.24. The Hall–Kier alpha value is -2.53. The summed E-state index contributed by atoms with van der Waals surface area (Å²) < 4.78 is 14.2. The second-order valence-electron chi connectivity index (χ2n) is 7.63. The van der Waals surface area contributed by atoms with Gasteiger partial charge >= 0.3 is 0 Å². The molecular weight excluding hydrogens is 389 g/mol. The molecule has 2 aromatic carbocycles. The Morgan fingerprint density at radius 1 is 1.21 bits per heavy atom. The number of rotatable bonds is 5. The van der Waals surface area contributed by atoms with Gasteiger partial charge < -0.3 is 4.90 Å². The van der Waals surface area contributed by atoms with E-state index in [0.29, 0.717) is 30.1 Å². The topological polar surface area (TPSA) is 45.0 Å². The lowest BCUT2D eigenvalue weighted by atomic mass is 10.0. The second-order valence-corrected chi connectivity index (χ2v) is 8.06. The van der Waals surface area contributed by atoms with E-state index in [-0.39, 0.29) is 17.8 Å². The van der Waals surface area contributed by atoms with Gasteiger partial charge in [0.2, 0.25) is 5.91 Å². The minimum absolute atomic E-state index is 0.158. The van der Waals surface area contributed by atoms with Crippen molar-refractivity contribution in [2.75, 3.05) is 0 Å². The minimum atomic E-state index is -0.339. The zero-order valence-corrected chi connectivity index (χ0v) is 17.1. The first-order chi connectivity index (χ1) is 14.0. The van der Waals surface area contributed by atoms with Crippen LogP contribution in [0.15, 0.2) is 46.4 Å². The van der Waals surface area contributed by atoms with Crippen molar-refractivity contribution < 1.29 is 9.18 Å². The maximum atomic E-state index is 14.2. The fraction of sp³-hybridized carbons (Fsp3) is 0.348. The van der Waals surface area contributed by atoms with Crippen molar-refractivity contribution in [3.8, 4) is 11.1 Å². The van der Waals surface area contributed by atoms with Gasteiger partial charge in [0.1, 0.15) is 11.7 Å². The van der Waals surface area contributed by atoms with E-state index < -0.39 is 0 Å². The number of fused-ring (bicyclic) bond motifs is 1. The molecule has 1 atom stereocenters. The maximum Gasteiger partial charge on any atom is 0.223 e. The van der Waals surface area contributed by atoms with E-state index in [4.69, 9.17) is 11.6 Å². The summed E-state index contributed by atoms with van der Waals surface area (Å²) in [6.45, 7) is 3.09. The molecule has 6 heteroatoms. The Morgan fingerprint density at radius 3 is 2.83 bits per heavy atom. The van der Waals surface area contributed by atoms with Gasteiger partial charge in [-0.25, -0.2) is 9.38 Å². The molecule has 0 N–H and O–H groups in total. The number of benzene rings is 2. The number of carbonyl (C=O) groups excluding carboxylic acids is 1. The fourth-order valence-corrected chi connectivity index (χ4v) is 4.11. The molecule has 2 heterocycles. The molecule has 0 radical (unpaired) electrons. The Balaban J connectivity index is 1.36. The van der Waals surface area contributed by atoms with Gasteiger partial charge in [-0.3, -0.25) is 9.79 Å². The first-order valence-electron chi connectivity index (χ1n) is 9.91. The van der Waals surface area contributed by atoms with Crippen LogP contribution in [0.2, 0.25) is 5.02 Å². The van der Waals surface area contributed by atoms with Crippen molar-refractivity contribution in [3.05, 3.63) is 58.4 Å². The highest BCUT2D eigenvalue weighted by atomic mass is 35.5. The smallest absolute Gasteiger partial charge is 0.223 e. The largest absolute Gasteiger partial charge is 0.334 e. The number of halogens is 2. The molecule has 0 bridgehead atoms. The Bertz CT molecular complexity index is 1000. The zero-order chi connectivity index (χ0) is 20.4. The van der Waals surface area contributed by atoms with Crippen molar-refractivity contribution in [2.45, 2.75) is 51.7 Å². The van der Waals surface area contributed by atoms with Crippen LogP contribution in [0.4, 0.5) is 4.39 Å². The van der Waals surface area contributed by atoms with E-state index in [1.807, 2.05) is 36.2 Å². The number of aliphatic imine (C=N–C) groups is 2. The van der Waals surface area contributed by atoms with Crippen molar-refractivity contribution >= 4 is 29.6 Å². The third kappa shape index (κ3) is 4.56. The lowest BCUT2D eigenvalue weighted by Gasteiger charge is -2.17. The van der Waals surface area contributed by atoms with Gasteiger partial charge in [-0.2, -0.15) is 0 Å². The third-order valence-electron chi connectivity index (χ3n) is 5.48. The highest BCUT2D eigenvalue weighted by Crippen LogP contribution is 2.31. The summed E-state index contributed by atoms with van der Waals surface area (Å²) in [7, 11) is 0. The van der Waals surface area contributed by atoms with Crippen LogP contribution >= 0.6 is 11.6 Å². The molecule has 4 nitrogen and oxygen atoms in total. The average molecular weight is 412 g/mol. The van der Waals surface area contributed by atoms with E-state index >= 15 is 0 Å². The van der Waals surface area contributed by atoms with Crippen LogP contribution in [0.3, 0.4) is 0 Å². The Kier molecular flexibility index (Phi) is 5.76. The summed E-state index contributed by atoms with van der Waals surface area (Å²) in [5.41, 5.74) is 3.53. The van der Waals surface area contributed by atoms with E-state index in [9.17, 15) is 9.18 Å². The molecule has 2 aliphatic heterocycles. The first-order valence-corrected chi connectivity index (χ1v) is 10.3. The van der Waals surface area contributed by atoms with Crippen LogP contribution in [-0.2, 0) is 17.9 Å². The van der Waals surface area contributed by atoms with Crippen LogP contribution in [-0.4, -0.2) is 28.9 Å². The van der Waals surface area contributed by atoms with Gasteiger partial charge in [0.15, 0.2) is 0 Å². The molecule has 0 aliphatic carbocycles. The van der Waals surface area contributed by atoms with Crippen LogP contribution in [0, 0.1) is 5.82 Å². The Labute approximate surface area is 175 Å². The van der Waals surface area contributed by atoms with Crippen LogP contribution < -0.4 is 0 Å². The predicted octanol–water partition coefficient (Wildman–Crippen LogP) is 5.42. The summed E-state index contributed by atoms with van der Waals surface area (Å²) in [5, 5.41) is 0.380. The van der Waals surface area contributed by atoms with Crippen molar-refractivity contribution in [2.24, 2.45) is 9.98 Å². The number of amidine groups is 1. The van der Waals surface area contributed by atoms with Crippen molar-refractivity contribution in [3.63, 3.8) is 0 Å². The minimum Gasteiger partial charge on any atom is -0.334 e. The first kappa shape index (κ1) is 19.8. The third-order valence-corrected chi connectivity index (χ3v) is 5.71. The molecule has 29 heavy (non-hydrogen) atoms. The molecular formula is C23H23ClFN3O. The van der Waals surface area contributed by atoms with E-state index in [2.05, 4.69) is 9.98 Å². The summed E-state index contributed by atoms with van der Waals surface area (Å²) in [5.74, 6) is 0.634. The quantitative estimate of drug-likeness (QED) is 0.647. The summed E-state index contributed by atoms with van der Waals surface area (Å²) >= 11 is 5.85. The number of nitrogens with zero attached hydrogens (tertiary/aromatic N) is 3. The van der Waals surface area contributed by atoms with Crippen molar-refractivity contribution in [1.82, 2.24) is 4.90 Å². The summed E-state index contributed by atoms with van der Waals surface area (Å²) in [6, 6.07) is 10.8. The van der Waals surface area contributed by atoms with Gasteiger partial charge in [-0.05, 0) is 60.7 Å². The predicted molar refractivity (Wildman–Crippen MR) is 115 cm³/mol. The van der Waals surface area contributed by atoms with Gasteiger partial charge in [0.25, 0.3) is 0 Å². The highest BCUT2D eigenvalue weighted by molar-refractivity contribution is 6.30. The molecule has 150 valence electrons. The lowest BCUT2D eigenvalue weighted by Crippen LogP contribution is -2.25. The number of carbonyl (C=O) groups is 1. The molecule has 4 rings (SSSR count). The standard InChI is InChI=1S/C23H23ClFN3O/c1-15-26-10-9-20(27-15)3-2-4-23(29)28-13-17-6-5-16(11-18(17)14-28)21-8-7-19(24)12-22(21)25/h5-8,10-12,20H,2-4,9,13-14H2,1H3. The molecule has 1 unspecified atom stereocenters. The Morgan fingerprint density at radius 2 is 2.03 bits per heavy atom. The van der Waals surface area contributed by atoms with Crippen molar-refractivity contribution in [1.29, 1.82) is 0 Å². The van der Waals surface area contributed by atoms with Crippen LogP contribution in [0.1, 0.15) is 43.7 Å². The monoisotopic (exact) mass is 411 g/mol. The van der Waals surface area contributed by atoms with Gasteiger partial charge in [0, 0.05) is 42.7 Å². The van der Waals surface area contributed by atoms with E-state index in [0.717, 1.165) is 41.8 Å². The van der Waals surface area contributed by atoms with Gasteiger partial charge in [-0.15, -0.1) is 0 Å². The summed E-state index contributed by atoms with van der Waals surface area (Å²) in [6.07, 6.45) is 5.00. The normalized spacial score (nSPS) is 18.0. The van der Waals surface area contributed by atoms with Crippen LogP contribution in [0.25, 0.3) is 11.1 Å². The number of hydrogen-bond acceptors (Lipinski definition) is 3. The maximum absolute atomic E-state index is 14.2. The van der Waals surface area contributed by atoms with Gasteiger partial charge in [-0.1, -0.05) is 23.7 Å². The zero-order valence-electron chi connectivity index (χ0n) is 16.4. The molecule has 0 saturated heterocycles. The molecule has 1 amide bonds. The van der Waals surface area contributed by atoms with Gasteiger partial charge in [0.05, 0.1) is 6.04 Å². The molecule has 0 aromatic heterocycles. The van der Waals surface area contributed by atoms with E-state index in [1.54, 1.807) is 12.1 Å². The van der Waals surface area contributed by atoms with Crippen LogP contribution in [0.5, 0.6) is 0 Å². The SMILES string of the molecule is CC1=NC(CCCC(=O)N2Cc3ccc(-c4ccc(Cl)cc4F)cc3C2)CC=N1. The summed E-state index contributed by atoms with van der Waals surface area (Å²) in [4.78, 5) is 23.2. The number of amides is 1. The lowest BCUT2D eigenvalue weighted by molar-refractivity contribution is -0.131. The molecule has 0 fully saturated rings. The molecule has 2 aromatic rings. The number of hydrogen-bond donors (Lipinski definition) is 0. The average Bonchev–Trinajstić information content (AvgIpc) is 3.11. The molecule has 2 aliphatic rings. The van der Waals surface area contributed by atoms with E-state index in [1.165, 1.54) is 6.07 Å². The molecule has 0 saturated carbocycles. The molecule has 0 spiro atoms. The second kappa shape index (κ2) is 8.46. The fourth-order valence-electron chi connectivity index (χ4n) is 3.95.